The Morgan fingerprint density at radius 2 is 1.74 bits per heavy atom. The van der Waals surface area contributed by atoms with E-state index in [4.69, 9.17) is 4.84 Å². The zero-order valence-corrected chi connectivity index (χ0v) is 26.4. The average molecular weight is 609 g/mol. The number of fused-ring (bicyclic) bond motifs is 4. The Labute approximate surface area is 256 Å². The molecule has 0 radical (unpaired) electrons. The number of aromatic nitrogens is 1. The Hall–Kier alpha value is -3.35. The summed E-state index contributed by atoms with van der Waals surface area (Å²) in [6, 6.07) is 17.8. The topological polar surface area (TPSA) is 116 Å². The van der Waals surface area contributed by atoms with E-state index in [1.807, 2.05) is 31.2 Å². The van der Waals surface area contributed by atoms with Crippen LogP contribution in [0.1, 0.15) is 47.6 Å². The van der Waals surface area contributed by atoms with Gasteiger partial charge in [0, 0.05) is 52.7 Å². The van der Waals surface area contributed by atoms with Crippen LogP contribution in [0.25, 0.3) is 0 Å². The molecule has 1 amide bonds. The molecule has 3 aromatic rings. The minimum absolute atomic E-state index is 0.0925. The molecular weight excluding hydrogens is 564 g/mol. The number of nitrogens with one attached hydrogen (secondary N) is 3. The molecule has 0 saturated heterocycles. The van der Waals surface area contributed by atoms with Gasteiger partial charge in [0.15, 0.2) is 0 Å². The van der Waals surface area contributed by atoms with E-state index in [1.54, 1.807) is 19.4 Å². The molecule has 2 aromatic carbocycles. The molecule has 43 heavy (non-hydrogen) atoms. The smallest absolute Gasteiger partial charge is 0.303 e. The lowest BCUT2D eigenvalue weighted by Crippen LogP contribution is -2.48. The van der Waals surface area contributed by atoms with Gasteiger partial charge in [-0.2, -0.15) is 18.2 Å². The second-order valence-electron chi connectivity index (χ2n) is 11.3. The van der Waals surface area contributed by atoms with Crippen LogP contribution in [0.3, 0.4) is 0 Å². The quantitative estimate of drug-likeness (QED) is 0.342. The Kier molecular flexibility index (Phi) is 11.7. The number of hydrogen-bond acceptors (Lipinski definition) is 7. The highest BCUT2D eigenvalue weighted by atomic mass is 32.2. The molecule has 1 unspecified atom stereocenters. The standard InChI is InChI=1S/C32H44N6O4S/c1-24(32(39)35-21-28-13-8-14-33-20-28)34-22-30-17-26-12-7-11-25(15-26)9-5-6-10-27-16-29(23-42-36-30)19-31(18-27)38(4)43(40,41)37(2)3/h7-8,11-16,18-20,24,30,34,36H,5-6,9-10,17,21-23H2,1-4H3,(H,35,39)/t24-,30?/m0/s1. The fourth-order valence-electron chi connectivity index (χ4n) is 5.04. The molecule has 10 nitrogen and oxygen atoms in total. The lowest BCUT2D eigenvalue weighted by Gasteiger charge is -2.25. The number of hydrogen-bond donors (Lipinski definition) is 3. The fraction of sp³-hybridized carbons (Fsp3) is 0.438. The first-order valence-electron chi connectivity index (χ1n) is 14.8. The second-order valence-corrected chi connectivity index (χ2v) is 13.5. The van der Waals surface area contributed by atoms with Gasteiger partial charge in [0.25, 0.3) is 0 Å². The van der Waals surface area contributed by atoms with E-state index in [1.165, 1.54) is 33.8 Å². The zero-order valence-electron chi connectivity index (χ0n) is 25.5. The van der Waals surface area contributed by atoms with Crippen molar-refractivity contribution in [3.8, 4) is 0 Å². The van der Waals surface area contributed by atoms with Gasteiger partial charge in [-0.15, -0.1) is 0 Å². The first-order chi connectivity index (χ1) is 20.6. The lowest BCUT2D eigenvalue weighted by atomic mass is 9.99. The highest BCUT2D eigenvalue weighted by Gasteiger charge is 2.22. The van der Waals surface area contributed by atoms with Crippen molar-refractivity contribution in [1.82, 2.24) is 25.4 Å². The van der Waals surface area contributed by atoms with Gasteiger partial charge < -0.3 is 10.6 Å². The number of rotatable bonds is 9. The summed E-state index contributed by atoms with van der Waals surface area (Å²) < 4.78 is 28.2. The largest absolute Gasteiger partial charge is 0.351 e. The summed E-state index contributed by atoms with van der Waals surface area (Å²) in [5.74, 6) is -0.0925. The van der Waals surface area contributed by atoms with E-state index < -0.39 is 16.3 Å². The molecule has 0 saturated carbocycles. The summed E-state index contributed by atoms with van der Waals surface area (Å²) in [4.78, 5) is 22.9. The Morgan fingerprint density at radius 3 is 2.49 bits per heavy atom. The molecule has 1 aliphatic heterocycles. The van der Waals surface area contributed by atoms with E-state index in [0.717, 1.165) is 42.4 Å². The van der Waals surface area contributed by atoms with E-state index in [2.05, 4.69) is 51.4 Å². The minimum Gasteiger partial charge on any atom is -0.351 e. The van der Waals surface area contributed by atoms with Crippen molar-refractivity contribution in [3.05, 3.63) is 94.8 Å². The molecule has 0 fully saturated rings. The van der Waals surface area contributed by atoms with Gasteiger partial charge in [-0.3, -0.25) is 18.9 Å². The van der Waals surface area contributed by atoms with Crippen molar-refractivity contribution in [1.29, 1.82) is 0 Å². The van der Waals surface area contributed by atoms with Crippen LogP contribution in [0.5, 0.6) is 0 Å². The summed E-state index contributed by atoms with van der Waals surface area (Å²) in [7, 11) is 0.996. The van der Waals surface area contributed by atoms with E-state index in [0.29, 0.717) is 25.2 Å². The number of carbonyl (C=O) groups excluding carboxylic acids is 1. The first-order valence-corrected chi connectivity index (χ1v) is 16.2. The third-order valence-electron chi connectivity index (χ3n) is 7.60. The number of amides is 1. The Balaban J connectivity index is 1.47. The molecular formula is C32H44N6O4S. The van der Waals surface area contributed by atoms with Gasteiger partial charge in [0.2, 0.25) is 5.91 Å². The third-order valence-corrected chi connectivity index (χ3v) is 9.43. The van der Waals surface area contributed by atoms with Gasteiger partial charge >= 0.3 is 10.2 Å². The predicted octanol–water partition coefficient (Wildman–Crippen LogP) is 3.13. The number of aryl methyl sites for hydroxylation is 2. The van der Waals surface area contributed by atoms with Gasteiger partial charge in [-0.1, -0.05) is 36.4 Å². The number of hydroxylamine groups is 1. The van der Waals surface area contributed by atoms with Gasteiger partial charge in [0.05, 0.1) is 18.3 Å². The summed E-state index contributed by atoms with van der Waals surface area (Å²) in [5, 5.41) is 6.31. The number of benzene rings is 2. The highest BCUT2D eigenvalue weighted by Crippen LogP contribution is 2.24. The van der Waals surface area contributed by atoms with Crippen LogP contribution in [0.4, 0.5) is 5.69 Å². The van der Waals surface area contributed by atoms with Crippen LogP contribution >= 0.6 is 0 Å². The monoisotopic (exact) mass is 608 g/mol. The maximum atomic E-state index is 12.8. The van der Waals surface area contributed by atoms with Crippen molar-refractivity contribution in [2.45, 2.75) is 64.3 Å². The maximum absolute atomic E-state index is 12.8. The average Bonchev–Trinajstić information content (AvgIpc) is 3.00. The fourth-order valence-corrected chi connectivity index (χ4v) is 5.90. The van der Waals surface area contributed by atoms with E-state index in [9.17, 15) is 13.2 Å². The van der Waals surface area contributed by atoms with Crippen molar-refractivity contribution in [2.75, 3.05) is 32.0 Å². The van der Waals surface area contributed by atoms with Crippen molar-refractivity contribution in [2.24, 2.45) is 0 Å². The second kappa shape index (κ2) is 15.4. The van der Waals surface area contributed by atoms with Crippen LogP contribution < -0.4 is 20.4 Å². The maximum Gasteiger partial charge on any atom is 0.303 e. The van der Waals surface area contributed by atoms with Crippen LogP contribution in [0, 0.1) is 0 Å². The number of anilines is 1. The number of pyridine rings is 1. The molecule has 11 heteroatoms. The molecule has 232 valence electrons. The molecule has 0 spiro atoms. The molecule has 3 N–H and O–H groups in total. The van der Waals surface area contributed by atoms with Gasteiger partial charge in [-0.05, 0) is 85.0 Å². The van der Waals surface area contributed by atoms with Crippen LogP contribution in [0.2, 0.25) is 0 Å². The summed E-state index contributed by atoms with van der Waals surface area (Å²) in [6.45, 7) is 3.02. The molecule has 1 aromatic heterocycles. The summed E-state index contributed by atoms with van der Waals surface area (Å²) in [6.07, 6.45) is 7.98. The molecule has 4 rings (SSSR count). The Bertz CT molecular complexity index is 1450. The Morgan fingerprint density at radius 1 is 1.02 bits per heavy atom. The minimum atomic E-state index is -3.63. The molecule has 2 atom stereocenters. The lowest BCUT2D eigenvalue weighted by molar-refractivity contribution is -0.123. The molecule has 4 bridgehead atoms. The molecule has 1 aliphatic rings. The van der Waals surface area contributed by atoms with Gasteiger partial charge in [-0.25, -0.2) is 0 Å². The van der Waals surface area contributed by atoms with Crippen molar-refractivity contribution < 1.29 is 18.0 Å². The molecule has 0 aliphatic carbocycles. The highest BCUT2D eigenvalue weighted by molar-refractivity contribution is 7.90. The van der Waals surface area contributed by atoms with Crippen molar-refractivity contribution in [3.63, 3.8) is 0 Å². The normalized spacial score (nSPS) is 17.0. The third kappa shape index (κ3) is 9.57. The predicted molar refractivity (Wildman–Crippen MR) is 170 cm³/mol. The van der Waals surface area contributed by atoms with Gasteiger partial charge in [0.1, 0.15) is 0 Å². The SMILES string of the molecule is C[C@H](NCC1Cc2cccc(c2)CCCCc2cc(cc(N(C)S(=O)(=O)N(C)C)c2)CON1)C(=O)NCc1cccnc1. The zero-order chi connectivity index (χ0) is 30.8. The van der Waals surface area contributed by atoms with Crippen LogP contribution in [-0.4, -0.2) is 63.4 Å². The number of carbonyl (C=O) groups is 1. The molecule has 2 heterocycles. The van der Waals surface area contributed by atoms with Crippen LogP contribution in [0.15, 0.2) is 67.0 Å². The van der Waals surface area contributed by atoms with E-state index >= 15 is 0 Å². The summed E-state index contributed by atoms with van der Waals surface area (Å²) in [5.41, 5.74) is 9.20. The first kappa shape index (κ1) is 32.6. The van der Waals surface area contributed by atoms with Crippen LogP contribution in [-0.2, 0) is 52.3 Å². The number of nitrogens with zero attached hydrogens (tertiary/aromatic N) is 3. The van der Waals surface area contributed by atoms with Crippen molar-refractivity contribution >= 4 is 21.8 Å². The summed E-state index contributed by atoms with van der Waals surface area (Å²) >= 11 is 0. The van der Waals surface area contributed by atoms with E-state index in [-0.39, 0.29) is 18.6 Å².